The average Bonchev–Trinajstić information content (AvgIpc) is 2.28. The van der Waals surface area contributed by atoms with Gasteiger partial charge in [0.05, 0.1) is 9.87 Å². The molecule has 1 heterocycles. The Labute approximate surface area is 87.3 Å². The Hall–Kier alpha value is -0.270. The van der Waals surface area contributed by atoms with Crippen LogP contribution in [-0.2, 0) is 9.72 Å². The van der Waals surface area contributed by atoms with Crippen LogP contribution in [0.3, 0.4) is 0 Å². The Morgan fingerprint density at radius 2 is 1.92 bits per heavy atom. The molecule has 0 N–H and O–H groups in total. The van der Waals surface area contributed by atoms with Gasteiger partial charge in [0, 0.05) is 6.20 Å². The Balaban J connectivity index is 3.01. The fourth-order valence-electron chi connectivity index (χ4n) is 0.760. The van der Waals surface area contributed by atoms with Gasteiger partial charge in [-0.15, -0.1) is 0 Å². The molecule has 0 unspecified atom stereocenters. The zero-order chi connectivity index (χ0) is 10.3. The minimum absolute atomic E-state index is 0.395. The standard InChI is InChI=1S/C7H8F3IN2/c1-6(2,11)13-3-5(12-4-13)7(8,9)10/h3-4H,1-2H3. The molecule has 0 saturated carbocycles. The van der Waals surface area contributed by atoms with E-state index in [0.717, 1.165) is 6.20 Å². The molecular formula is C7H8F3IN2. The molecule has 0 radical (unpaired) electrons. The number of imidazole rings is 1. The van der Waals surface area contributed by atoms with E-state index in [4.69, 9.17) is 0 Å². The second-order valence-corrected chi connectivity index (χ2v) is 5.71. The lowest BCUT2D eigenvalue weighted by molar-refractivity contribution is -0.141. The minimum atomic E-state index is -4.35. The summed E-state index contributed by atoms with van der Waals surface area (Å²) in [6, 6.07) is 0. The Morgan fingerprint density at radius 3 is 2.15 bits per heavy atom. The van der Waals surface area contributed by atoms with Crippen LogP contribution in [0.15, 0.2) is 12.5 Å². The molecule has 0 spiro atoms. The van der Waals surface area contributed by atoms with Crippen molar-refractivity contribution in [1.29, 1.82) is 0 Å². The number of halogens is 4. The number of nitrogens with zero attached hydrogens (tertiary/aromatic N) is 2. The van der Waals surface area contributed by atoms with Crippen molar-refractivity contribution in [2.45, 2.75) is 23.6 Å². The predicted molar refractivity (Wildman–Crippen MR) is 50.6 cm³/mol. The van der Waals surface area contributed by atoms with E-state index in [-0.39, 0.29) is 0 Å². The number of alkyl halides is 4. The van der Waals surface area contributed by atoms with E-state index in [0.29, 0.717) is 0 Å². The summed E-state index contributed by atoms with van der Waals surface area (Å²) in [5.41, 5.74) is -0.850. The van der Waals surface area contributed by atoms with Gasteiger partial charge in [0.2, 0.25) is 0 Å². The van der Waals surface area contributed by atoms with Crippen LogP contribution in [0.4, 0.5) is 13.2 Å². The second-order valence-electron chi connectivity index (χ2n) is 3.07. The lowest BCUT2D eigenvalue weighted by Crippen LogP contribution is -2.15. The quantitative estimate of drug-likeness (QED) is 0.576. The molecule has 0 fully saturated rings. The van der Waals surface area contributed by atoms with E-state index in [1.165, 1.54) is 10.9 Å². The van der Waals surface area contributed by atoms with E-state index in [1.807, 2.05) is 22.6 Å². The van der Waals surface area contributed by atoms with Gasteiger partial charge in [0.15, 0.2) is 5.69 Å². The number of rotatable bonds is 1. The summed E-state index contributed by atoms with van der Waals surface area (Å²) in [6.45, 7) is 3.60. The molecule has 2 nitrogen and oxygen atoms in total. The van der Waals surface area contributed by atoms with Gasteiger partial charge in [-0.3, -0.25) is 0 Å². The molecule has 13 heavy (non-hydrogen) atoms. The SMILES string of the molecule is CC(C)(I)n1cnc(C(F)(F)F)c1. The molecular weight excluding hydrogens is 296 g/mol. The Kier molecular flexibility index (Phi) is 2.61. The summed E-state index contributed by atoms with van der Waals surface area (Å²) in [6.07, 6.45) is -2.16. The third kappa shape index (κ3) is 2.58. The van der Waals surface area contributed by atoms with Crippen LogP contribution >= 0.6 is 22.6 Å². The van der Waals surface area contributed by atoms with Crippen molar-refractivity contribution in [3.8, 4) is 0 Å². The molecule has 0 aliphatic carbocycles. The summed E-state index contributed by atoms with van der Waals surface area (Å²) in [7, 11) is 0. The maximum Gasteiger partial charge on any atom is 0.434 e. The smallest absolute Gasteiger partial charge is 0.322 e. The first-order valence-corrected chi connectivity index (χ1v) is 4.60. The summed E-state index contributed by atoms with van der Waals surface area (Å²) < 4.78 is 37.4. The molecule has 1 aromatic rings. The largest absolute Gasteiger partial charge is 0.434 e. The van der Waals surface area contributed by atoms with Crippen molar-refractivity contribution in [3.63, 3.8) is 0 Å². The van der Waals surface area contributed by atoms with Gasteiger partial charge >= 0.3 is 6.18 Å². The van der Waals surface area contributed by atoms with Gasteiger partial charge in [-0.2, -0.15) is 13.2 Å². The molecule has 0 aliphatic rings. The van der Waals surface area contributed by atoms with Gasteiger partial charge in [-0.1, -0.05) is 22.6 Å². The minimum Gasteiger partial charge on any atom is -0.322 e. The summed E-state index contributed by atoms with van der Waals surface area (Å²) >= 11 is 2.04. The van der Waals surface area contributed by atoms with Crippen LogP contribution in [0.5, 0.6) is 0 Å². The van der Waals surface area contributed by atoms with Gasteiger partial charge < -0.3 is 4.57 Å². The molecule has 0 aromatic carbocycles. The summed E-state index contributed by atoms with van der Waals surface area (Å²) in [4.78, 5) is 3.29. The van der Waals surface area contributed by atoms with Crippen LogP contribution in [0.25, 0.3) is 0 Å². The first-order chi connectivity index (χ1) is 5.71. The second kappa shape index (κ2) is 3.14. The van der Waals surface area contributed by atoms with E-state index < -0.39 is 15.4 Å². The lowest BCUT2D eigenvalue weighted by atomic mass is 10.4. The van der Waals surface area contributed by atoms with E-state index >= 15 is 0 Å². The number of hydrogen-bond donors (Lipinski definition) is 0. The molecule has 74 valence electrons. The predicted octanol–water partition coefficient (Wildman–Crippen LogP) is 3.03. The van der Waals surface area contributed by atoms with Crippen LogP contribution < -0.4 is 0 Å². The van der Waals surface area contributed by atoms with Crippen LogP contribution in [0.1, 0.15) is 19.5 Å². The fraction of sp³-hybridized carbons (Fsp3) is 0.571. The zero-order valence-electron chi connectivity index (χ0n) is 7.06. The van der Waals surface area contributed by atoms with Crippen molar-refractivity contribution in [3.05, 3.63) is 18.2 Å². The van der Waals surface area contributed by atoms with E-state index in [2.05, 4.69) is 4.98 Å². The molecule has 0 saturated heterocycles. The zero-order valence-corrected chi connectivity index (χ0v) is 9.22. The van der Waals surface area contributed by atoms with Crippen molar-refractivity contribution in [1.82, 2.24) is 9.55 Å². The first kappa shape index (κ1) is 10.8. The molecule has 6 heteroatoms. The molecule has 0 aliphatic heterocycles. The monoisotopic (exact) mass is 304 g/mol. The fourth-order valence-corrected chi connectivity index (χ4v) is 1.02. The van der Waals surface area contributed by atoms with E-state index in [1.54, 1.807) is 13.8 Å². The highest BCUT2D eigenvalue weighted by atomic mass is 127. The van der Waals surface area contributed by atoms with Crippen LogP contribution in [0, 0.1) is 0 Å². The summed E-state index contributed by atoms with van der Waals surface area (Å²) in [5, 5.41) is 0. The van der Waals surface area contributed by atoms with E-state index in [9.17, 15) is 13.2 Å². The maximum atomic E-state index is 12.1. The van der Waals surface area contributed by atoms with Gasteiger partial charge in [-0.05, 0) is 13.8 Å². The molecule has 0 atom stereocenters. The first-order valence-electron chi connectivity index (χ1n) is 3.52. The Bertz CT molecular complexity index is 269. The highest BCUT2D eigenvalue weighted by Crippen LogP contribution is 2.30. The lowest BCUT2D eigenvalue weighted by Gasteiger charge is -2.17. The molecule has 0 bridgehead atoms. The van der Waals surface area contributed by atoms with Gasteiger partial charge in [-0.25, -0.2) is 4.98 Å². The van der Waals surface area contributed by atoms with Crippen molar-refractivity contribution in [2.24, 2.45) is 0 Å². The van der Waals surface area contributed by atoms with Crippen LogP contribution in [0.2, 0.25) is 0 Å². The number of aromatic nitrogens is 2. The molecule has 0 amide bonds. The normalized spacial score (nSPS) is 13.4. The topological polar surface area (TPSA) is 17.8 Å². The third-order valence-electron chi connectivity index (χ3n) is 1.49. The summed E-state index contributed by atoms with van der Waals surface area (Å²) in [5.74, 6) is 0. The molecule has 1 rings (SSSR count). The highest BCUT2D eigenvalue weighted by molar-refractivity contribution is 14.1. The Morgan fingerprint density at radius 1 is 1.38 bits per heavy atom. The average molecular weight is 304 g/mol. The highest BCUT2D eigenvalue weighted by Gasteiger charge is 2.34. The van der Waals surface area contributed by atoms with Crippen LogP contribution in [-0.4, -0.2) is 9.55 Å². The number of hydrogen-bond acceptors (Lipinski definition) is 1. The van der Waals surface area contributed by atoms with Crippen molar-refractivity contribution >= 4 is 22.6 Å². The third-order valence-corrected chi connectivity index (χ3v) is 2.04. The van der Waals surface area contributed by atoms with Crippen molar-refractivity contribution in [2.75, 3.05) is 0 Å². The maximum absolute atomic E-state index is 12.1. The molecule has 1 aromatic heterocycles. The van der Waals surface area contributed by atoms with Gasteiger partial charge in [0.1, 0.15) is 0 Å². The van der Waals surface area contributed by atoms with Crippen molar-refractivity contribution < 1.29 is 13.2 Å². The van der Waals surface area contributed by atoms with Gasteiger partial charge in [0.25, 0.3) is 0 Å².